The minimum absolute atomic E-state index is 0.0291. The van der Waals surface area contributed by atoms with Gasteiger partial charge in [-0.25, -0.2) is 4.99 Å². The van der Waals surface area contributed by atoms with Crippen LogP contribution in [-0.2, 0) is 4.79 Å². The van der Waals surface area contributed by atoms with Crippen molar-refractivity contribution in [2.45, 2.75) is 26.3 Å². The van der Waals surface area contributed by atoms with Crippen molar-refractivity contribution < 1.29 is 4.79 Å². The van der Waals surface area contributed by atoms with E-state index in [4.69, 9.17) is 0 Å². The van der Waals surface area contributed by atoms with E-state index in [2.05, 4.69) is 22.2 Å². The van der Waals surface area contributed by atoms with Crippen LogP contribution in [0.3, 0.4) is 0 Å². The number of hydrogen-bond donors (Lipinski definition) is 2. The molecule has 0 aromatic carbocycles. The highest BCUT2D eigenvalue weighted by Gasteiger charge is 2.12. The molecule has 0 atom stereocenters. The number of carbonyl (C=O) groups excluding carboxylic acids is 1. The van der Waals surface area contributed by atoms with Gasteiger partial charge in [-0.15, -0.1) is 6.58 Å². The van der Waals surface area contributed by atoms with Gasteiger partial charge >= 0.3 is 0 Å². The van der Waals surface area contributed by atoms with Gasteiger partial charge in [0.2, 0.25) is 5.91 Å². The van der Waals surface area contributed by atoms with Crippen molar-refractivity contribution in [3.8, 4) is 0 Å². The number of rotatable bonds is 4. The van der Waals surface area contributed by atoms with Crippen LogP contribution >= 0.6 is 0 Å². The van der Waals surface area contributed by atoms with Crippen LogP contribution in [0.15, 0.2) is 17.6 Å². The molecule has 0 rings (SSSR count). The summed E-state index contributed by atoms with van der Waals surface area (Å²) < 4.78 is 0. The first-order valence-electron chi connectivity index (χ1n) is 5.64. The summed E-state index contributed by atoms with van der Waals surface area (Å²) in [4.78, 5) is 17.2. The van der Waals surface area contributed by atoms with Gasteiger partial charge in [0.05, 0.1) is 0 Å². The maximum atomic E-state index is 11.4. The molecule has 98 valence electrons. The Morgan fingerprint density at radius 2 is 2.00 bits per heavy atom. The second-order valence-corrected chi connectivity index (χ2v) is 5.00. The van der Waals surface area contributed by atoms with Crippen molar-refractivity contribution in [1.29, 1.82) is 0 Å². The fourth-order valence-electron chi connectivity index (χ4n) is 0.952. The van der Waals surface area contributed by atoms with Gasteiger partial charge < -0.3 is 15.5 Å². The Kier molecular flexibility index (Phi) is 6.31. The van der Waals surface area contributed by atoms with Crippen molar-refractivity contribution >= 4 is 11.9 Å². The minimum atomic E-state index is -0.103. The fourth-order valence-corrected chi connectivity index (χ4v) is 0.952. The van der Waals surface area contributed by atoms with Crippen LogP contribution < -0.4 is 10.6 Å². The standard InChI is InChI=1S/C12H24N4O/c1-7-8-13-11(15-12(2,3)4)14-9-10(17)16(5)6/h7H,1,8-9H2,2-6H3,(H2,13,14,15). The van der Waals surface area contributed by atoms with Gasteiger partial charge in [-0.05, 0) is 20.8 Å². The number of nitrogens with zero attached hydrogens (tertiary/aromatic N) is 2. The molecule has 0 radical (unpaired) electrons. The Morgan fingerprint density at radius 3 is 2.41 bits per heavy atom. The first-order chi connectivity index (χ1) is 7.76. The Bertz CT molecular complexity index is 289. The molecule has 0 aliphatic rings. The molecule has 17 heavy (non-hydrogen) atoms. The van der Waals surface area contributed by atoms with E-state index in [0.717, 1.165) is 0 Å². The average molecular weight is 240 g/mol. The third-order valence-electron chi connectivity index (χ3n) is 1.78. The van der Waals surface area contributed by atoms with Crippen LogP contribution in [0.25, 0.3) is 0 Å². The summed E-state index contributed by atoms with van der Waals surface area (Å²) in [6.45, 7) is 10.5. The SMILES string of the molecule is C=CCNC(=NCC(=O)N(C)C)NC(C)(C)C. The van der Waals surface area contributed by atoms with E-state index in [-0.39, 0.29) is 18.0 Å². The monoisotopic (exact) mass is 240 g/mol. The molecule has 0 aromatic rings. The molecule has 0 fully saturated rings. The number of guanidine groups is 1. The molecule has 1 amide bonds. The fraction of sp³-hybridized carbons (Fsp3) is 0.667. The minimum Gasteiger partial charge on any atom is -0.353 e. The molecule has 0 spiro atoms. The summed E-state index contributed by atoms with van der Waals surface area (Å²) >= 11 is 0. The van der Waals surface area contributed by atoms with Crippen LogP contribution in [-0.4, -0.2) is 49.5 Å². The molecule has 0 saturated heterocycles. The number of likely N-dealkylation sites (N-methyl/N-ethyl adjacent to an activating group) is 1. The number of carbonyl (C=O) groups is 1. The predicted octanol–water partition coefficient (Wildman–Crippen LogP) is 0.594. The van der Waals surface area contributed by atoms with Crippen molar-refractivity contribution in [2.24, 2.45) is 4.99 Å². The lowest BCUT2D eigenvalue weighted by atomic mass is 10.1. The predicted molar refractivity (Wildman–Crippen MR) is 72.1 cm³/mol. The van der Waals surface area contributed by atoms with E-state index in [1.54, 1.807) is 20.2 Å². The normalized spacial score (nSPS) is 11.9. The largest absolute Gasteiger partial charge is 0.353 e. The van der Waals surface area contributed by atoms with Gasteiger partial charge in [0.1, 0.15) is 6.54 Å². The zero-order chi connectivity index (χ0) is 13.5. The molecule has 0 aliphatic heterocycles. The van der Waals surface area contributed by atoms with Crippen molar-refractivity contribution in [1.82, 2.24) is 15.5 Å². The molecule has 0 saturated carbocycles. The zero-order valence-electron chi connectivity index (χ0n) is 11.5. The van der Waals surface area contributed by atoms with Crippen LogP contribution in [0.2, 0.25) is 0 Å². The molecular formula is C12H24N4O. The van der Waals surface area contributed by atoms with Gasteiger partial charge in [-0.2, -0.15) is 0 Å². The molecule has 0 bridgehead atoms. The van der Waals surface area contributed by atoms with E-state index in [9.17, 15) is 4.79 Å². The molecule has 0 unspecified atom stereocenters. The molecule has 2 N–H and O–H groups in total. The summed E-state index contributed by atoms with van der Waals surface area (Å²) in [7, 11) is 3.43. The first kappa shape index (κ1) is 15.5. The lowest BCUT2D eigenvalue weighted by Crippen LogP contribution is -2.48. The second-order valence-electron chi connectivity index (χ2n) is 5.00. The van der Waals surface area contributed by atoms with Crippen molar-refractivity contribution in [3.05, 3.63) is 12.7 Å². The Hall–Kier alpha value is -1.52. The van der Waals surface area contributed by atoms with Gasteiger partial charge in [0.25, 0.3) is 0 Å². The molecule has 5 nitrogen and oxygen atoms in total. The summed E-state index contributed by atoms with van der Waals surface area (Å²) in [5, 5.41) is 6.28. The third kappa shape index (κ3) is 8.30. The molecule has 5 heteroatoms. The maximum absolute atomic E-state index is 11.4. The van der Waals surface area contributed by atoms with Gasteiger partial charge in [-0.1, -0.05) is 6.08 Å². The Balaban J connectivity index is 4.50. The highest BCUT2D eigenvalue weighted by molar-refractivity contribution is 5.85. The van der Waals surface area contributed by atoms with Crippen molar-refractivity contribution in [2.75, 3.05) is 27.2 Å². The van der Waals surface area contributed by atoms with Crippen LogP contribution in [0.4, 0.5) is 0 Å². The number of aliphatic imine (C=N–C) groups is 1. The van der Waals surface area contributed by atoms with Gasteiger partial charge in [0, 0.05) is 26.2 Å². The summed E-state index contributed by atoms with van der Waals surface area (Å²) in [6, 6.07) is 0. The quantitative estimate of drug-likeness (QED) is 0.430. The summed E-state index contributed by atoms with van der Waals surface area (Å²) in [6.07, 6.45) is 1.74. The van der Waals surface area contributed by atoms with Crippen molar-refractivity contribution in [3.63, 3.8) is 0 Å². The second kappa shape index (κ2) is 6.93. The highest BCUT2D eigenvalue weighted by Crippen LogP contribution is 1.97. The van der Waals surface area contributed by atoms with E-state index < -0.39 is 0 Å². The van der Waals surface area contributed by atoms with E-state index in [1.807, 2.05) is 20.8 Å². The van der Waals surface area contributed by atoms with E-state index >= 15 is 0 Å². The lowest BCUT2D eigenvalue weighted by Gasteiger charge is -2.23. The topological polar surface area (TPSA) is 56.7 Å². The molecule has 0 aliphatic carbocycles. The molecular weight excluding hydrogens is 216 g/mol. The number of nitrogens with one attached hydrogen (secondary N) is 2. The van der Waals surface area contributed by atoms with Crippen LogP contribution in [0.1, 0.15) is 20.8 Å². The highest BCUT2D eigenvalue weighted by atomic mass is 16.2. The summed E-state index contributed by atoms with van der Waals surface area (Å²) in [5.74, 6) is 0.589. The van der Waals surface area contributed by atoms with E-state index in [1.165, 1.54) is 4.90 Å². The zero-order valence-corrected chi connectivity index (χ0v) is 11.5. The van der Waals surface area contributed by atoms with Crippen LogP contribution in [0.5, 0.6) is 0 Å². The molecule has 0 aromatic heterocycles. The average Bonchev–Trinajstić information content (AvgIpc) is 2.19. The molecule has 0 heterocycles. The Labute approximate surface area is 104 Å². The smallest absolute Gasteiger partial charge is 0.243 e. The van der Waals surface area contributed by atoms with E-state index in [0.29, 0.717) is 12.5 Å². The first-order valence-corrected chi connectivity index (χ1v) is 5.64. The number of amides is 1. The van der Waals surface area contributed by atoms with Gasteiger partial charge in [0.15, 0.2) is 5.96 Å². The Morgan fingerprint density at radius 1 is 1.41 bits per heavy atom. The van der Waals surface area contributed by atoms with Gasteiger partial charge in [-0.3, -0.25) is 4.79 Å². The maximum Gasteiger partial charge on any atom is 0.243 e. The lowest BCUT2D eigenvalue weighted by molar-refractivity contribution is -0.127. The third-order valence-corrected chi connectivity index (χ3v) is 1.78. The van der Waals surface area contributed by atoms with Crippen LogP contribution in [0, 0.1) is 0 Å². The summed E-state index contributed by atoms with van der Waals surface area (Å²) in [5.41, 5.74) is -0.103. The number of hydrogen-bond acceptors (Lipinski definition) is 2.